The van der Waals surface area contributed by atoms with Crippen LogP contribution in [0.25, 0.3) is 0 Å². The van der Waals surface area contributed by atoms with E-state index in [4.69, 9.17) is 23.7 Å². The number of esters is 3. The van der Waals surface area contributed by atoms with Gasteiger partial charge in [-0.25, -0.2) is 19.4 Å². The van der Waals surface area contributed by atoms with Gasteiger partial charge in [0, 0.05) is 17.8 Å². The molecule has 1 unspecified atom stereocenters. The number of rotatable bonds is 15. The predicted molar refractivity (Wildman–Crippen MR) is 239 cm³/mol. The van der Waals surface area contributed by atoms with E-state index in [0.29, 0.717) is 18.0 Å². The molecule has 16 heteroatoms. The third-order valence-electron chi connectivity index (χ3n) is 9.00. The molecule has 0 spiro atoms. The van der Waals surface area contributed by atoms with E-state index in [-0.39, 0.29) is 73.7 Å². The fourth-order valence-corrected chi connectivity index (χ4v) is 7.20. The van der Waals surface area contributed by atoms with E-state index in [1.165, 1.54) is 40.5 Å². The molecule has 1 atom stereocenters. The van der Waals surface area contributed by atoms with Gasteiger partial charge in [0.25, 0.3) is 0 Å². The van der Waals surface area contributed by atoms with Crippen molar-refractivity contribution < 1.29 is 52.5 Å². The number of fused-ring (bicyclic) bond motifs is 1. The number of carbonyl (C=O) groups excluding carboxylic acids is 6. The van der Waals surface area contributed by atoms with E-state index in [0.717, 1.165) is 40.8 Å². The Kier molecular flexibility index (Phi) is 17.8. The molecule has 0 saturated heterocycles. The number of aryl methyl sites for hydroxylation is 1. The number of nitrogens with one attached hydrogen (secondary N) is 2. The number of thiophene rings is 1. The van der Waals surface area contributed by atoms with Crippen molar-refractivity contribution in [2.24, 2.45) is 16.8 Å². The maximum absolute atomic E-state index is 14.0. The number of benzene rings is 2. The average molecular weight is 891 g/mol. The summed E-state index contributed by atoms with van der Waals surface area (Å²) in [5.41, 5.74) is 1.67. The van der Waals surface area contributed by atoms with Gasteiger partial charge in [0.2, 0.25) is 11.9 Å². The number of aliphatic imine (C=N–C) groups is 1. The van der Waals surface area contributed by atoms with Crippen molar-refractivity contribution in [3.8, 4) is 5.75 Å². The molecule has 0 fully saturated rings. The highest BCUT2D eigenvalue weighted by Crippen LogP contribution is 2.37. The largest absolute Gasteiger partial charge is 0.465 e. The molecule has 15 nitrogen and oxygen atoms in total. The number of alkyl carbamates (subject to hydrolysis) is 2. The van der Waals surface area contributed by atoms with Crippen LogP contribution in [-0.2, 0) is 52.7 Å². The van der Waals surface area contributed by atoms with Gasteiger partial charge in [-0.2, -0.15) is 0 Å². The lowest BCUT2D eigenvalue weighted by Gasteiger charge is -2.28. The van der Waals surface area contributed by atoms with Crippen LogP contribution in [0.1, 0.15) is 126 Å². The molecular weight excluding hydrogens is 829 g/mol. The lowest BCUT2D eigenvalue weighted by molar-refractivity contribution is -0.150. The maximum atomic E-state index is 14.0. The van der Waals surface area contributed by atoms with Crippen LogP contribution in [0.2, 0.25) is 0 Å². The smallest absolute Gasteiger partial charge is 0.414 e. The normalized spacial score (nSPS) is 13.6. The van der Waals surface area contributed by atoms with Crippen molar-refractivity contribution in [2.75, 3.05) is 19.8 Å². The molecule has 342 valence electrons. The number of hydrogen-bond donors (Lipinski definition) is 2. The summed E-state index contributed by atoms with van der Waals surface area (Å²) in [4.78, 5) is 84.2. The Balaban J connectivity index is 1.44. The van der Waals surface area contributed by atoms with Crippen molar-refractivity contribution in [3.05, 3.63) is 81.0 Å². The lowest BCUT2D eigenvalue weighted by Crippen LogP contribution is -2.47. The number of hydrogen-bond acceptors (Lipinski definition) is 13. The first-order valence-electron chi connectivity index (χ1n) is 21.2. The summed E-state index contributed by atoms with van der Waals surface area (Å²) in [7, 11) is 0. The minimum Gasteiger partial charge on any atom is -0.465 e. The topological polar surface area (TPSA) is 188 Å². The second-order valence-corrected chi connectivity index (χ2v) is 19.3. The van der Waals surface area contributed by atoms with E-state index in [9.17, 15) is 28.8 Å². The molecule has 2 aromatic carbocycles. The number of guanidine groups is 1. The van der Waals surface area contributed by atoms with Crippen molar-refractivity contribution in [2.45, 2.75) is 125 Å². The Morgan fingerprint density at radius 2 is 1.41 bits per heavy atom. The average Bonchev–Trinajstić information content (AvgIpc) is 3.60. The number of ether oxygens (including phenoxy) is 5. The van der Waals surface area contributed by atoms with E-state index < -0.39 is 35.3 Å². The van der Waals surface area contributed by atoms with Crippen LogP contribution in [0.5, 0.6) is 5.75 Å². The van der Waals surface area contributed by atoms with Crippen LogP contribution in [0.3, 0.4) is 0 Å². The fraction of sp³-hybridized carbons (Fsp3) is 0.511. The number of carbonyl (C=O) groups is 6. The molecule has 2 N–H and O–H groups in total. The molecule has 1 heterocycles. The quantitative estimate of drug-likeness (QED) is 0.0488. The van der Waals surface area contributed by atoms with Gasteiger partial charge in [-0.15, -0.1) is 11.3 Å². The number of nitrogens with zero attached hydrogens (tertiary/aromatic N) is 2. The molecule has 1 aliphatic carbocycles. The standard InChI is InChI=1S/C47H62N4O11S/c1-29(2)26-58-40(53)23-37-20-31(28-63-37)24-51(25-41(54)59-27-30(3)4)39(52)22-34-13-11-12-33-21-36(18-19-38(33)34)60-42(55)32-14-16-35(17-15-32)48-43(49-44(56)61-46(5,6)7)50-45(57)62-47(8,9)10/h14-21,28-30,34H,11-13,22-27H2,1-10H3,(H2,48,49,50,56,57). The third-order valence-corrected chi connectivity index (χ3v) is 9.98. The summed E-state index contributed by atoms with van der Waals surface area (Å²) in [6.45, 7) is 18.6. The molecule has 0 radical (unpaired) electrons. The van der Waals surface area contributed by atoms with Crippen LogP contribution < -0.4 is 15.4 Å². The predicted octanol–water partition coefficient (Wildman–Crippen LogP) is 8.78. The van der Waals surface area contributed by atoms with E-state index in [2.05, 4.69) is 15.6 Å². The highest BCUT2D eigenvalue weighted by Gasteiger charge is 2.28. The third kappa shape index (κ3) is 17.9. The van der Waals surface area contributed by atoms with Crippen LogP contribution in [0, 0.1) is 11.8 Å². The van der Waals surface area contributed by atoms with E-state index >= 15 is 0 Å². The Morgan fingerprint density at radius 1 is 0.810 bits per heavy atom. The zero-order chi connectivity index (χ0) is 46.5. The molecular formula is C47H62N4O11S. The molecule has 0 aliphatic heterocycles. The highest BCUT2D eigenvalue weighted by atomic mass is 32.1. The van der Waals surface area contributed by atoms with Crippen LogP contribution >= 0.6 is 11.3 Å². The molecule has 3 amide bonds. The van der Waals surface area contributed by atoms with E-state index in [1.807, 2.05) is 51.3 Å². The summed E-state index contributed by atoms with van der Waals surface area (Å²) in [5, 5.41) is 6.73. The molecule has 1 aromatic heterocycles. The highest BCUT2D eigenvalue weighted by molar-refractivity contribution is 7.10. The first-order chi connectivity index (χ1) is 29.5. The zero-order valence-electron chi connectivity index (χ0n) is 38.1. The Hall–Kier alpha value is -5.77. The van der Waals surface area contributed by atoms with Gasteiger partial charge in [0.05, 0.1) is 30.9 Å². The zero-order valence-corrected chi connectivity index (χ0v) is 38.9. The minimum absolute atomic E-state index is 0.124. The van der Waals surface area contributed by atoms with Crippen molar-refractivity contribution in [3.63, 3.8) is 0 Å². The molecule has 4 rings (SSSR count). The first-order valence-corrected chi connectivity index (χ1v) is 22.1. The van der Waals surface area contributed by atoms with Gasteiger partial charge in [-0.1, -0.05) is 33.8 Å². The molecule has 3 aromatic rings. The van der Waals surface area contributed by atoms with Gasteiger partial charge in [0.15, 0.2) is 0 Å². The Bertz CT molecular complexity index is 2080. The SMILES string of the molecule is CC(C)COC(=O)Cc1cc(CN(CC(=O)OCC(C)C)C(=O)CC2CCCc3cc(OC(=O)c4ccc(N=C(NC(=O)OC(C)(C)C)NC(=O)OC(C)(C)C)cc4)ccc32)cs1. The Labute approximate surface area is 374 Å². The lowest BCUT2D eigenvalue weighted by atomic mass is 9.80. The second kappa shape index (κ2) is 22.5. The molecule has 63 heavy (non-hydrogen) atoms. The molecule has 0 bridgehead atoms. The van der Waals surface area contributed by atoms with Crippen LogP contribution in [0.4, 0.5) is 15.3 Å². The summed E-state index contributed by atoms with van der Waals surface area (Å²) >= 11 is 1.41. The van der Waals surface area contributed by atoms with Gasteiger partial charge in [-0.3, -0.25) is 25.0 Å². The Morgan fingerprint density at radius 3 is 2.00 bits per heavy atom. The van der Waals surface area contributed by atoms with Crippen molar-refractivity contribution in [1.29, 1.82) is 0 Å². The molecule has 1 aliphatic rings. The summed E-state index contributed by atoms with van der Waals surface area (Å²) in [6.07, 6.45) is 0.926. The van der Waals surface area contributed by atoms with Gasteiger partial charge in [0.1, 0.15) is 23.5 Å². The number of amides is 3. The summed E-state index contributed by atoms with van der Waals surface area (Å²) in [6, 6.07) is 13.3. The van der Waals surface area contributed by atoms with Gasteiger partial charge >= 0.3 is 30.1 Å². The summed E-state index contributed by atoms with van der Waals surface area (Å²) in [5.74, 6) is -1.26. The fourth-order valence-electron chi connectivity index (χ4n) is 6.33. The van der Waals surface area contributed by atoms with Crippen molar-refractivity contribution in [1.82, 2.24) is 15.5 Å². The van der Waals surface area contributed by atoms with Crippen LogP contribution in [0.15, 0.2) is 58.9 Å². The van der Waals surface area contributed by atoms with Gasteiger partial charge < -0.3 is 28.6 Å². The van der Waals surface area contributed by atoms with E-state index in [1.54, 1.807) is 47.6 Å². The molecule has 0 saturated carbocycles. The summed E-state index contributed by atoms with van der Waals surface area (Å²) < 4.78 is 27.1. The first kappa shape index (κ1) is 49.9. The second-order valence-electron chi connectivity index (χ2n) is 18.3. The maximum Gasteiger partial charge on any atom is 0.414 e. The van der Waals surface area contributed by atoms with Crippen LogP contribution in [-0.4, -0.2) is 77.8 Å². The monoisotopic (exact) mass is 890 g/mol. The van der Waals surface area contributed by atoms with Gasteiger partial charge in [-0.05, 0) is 143 Å². The minimum atomic E-state index is -0.843. The van der Waals surface area contributed by atoms with Crippen molar-refractivity contribution >= 4 is 59.0 Å².